The van der Waals surface area contributed by atoms with Crippen molar-refractivity contribution in [1.82, 2.24) is 15.2 Å². The number of alkyl halides is 3. The molecule has 1 fully saturated rings. The summed E-state index contributed by atoms with van der Waals surface area (Å²) in [4.78, 5) is 0. The Kier molecular flexibility index (Phi) is 4.61. The van der Waals surface area contributed by atoms with Crippen molar-refractivity contribution in [2.24, 2.45) is 24.7 Å². The van der Waals surface area contributed by atoms with Crippen LogP contribution in [0.15, 0.2) is 6.20 Å². The van der Waals surface area contributed by atoms with E-state index in [1.165, 1.54) is 10.9 Å². The lowest BCUT2D eigenvalue weighted by Gasteiger charge is -2.37. The second-order valence-electron chi connectivity index (χ2n) is 5.24. The van der Waals surface area contributed by atoms with Crippen LogP contribution >= 0.6 is 11.6 Å². The van der Waals surface area contributed by atoms with Gasteiger partial charge >= 0.3 is 6.18 Å². The van der Waals surface area contributed by atoms with Gasteiger partial charge in [-0.25, -0.2) is 0 Å². The van der Waals surface area contributed by atoms with Crippen LogP contribution in [0.25, 0.3) is 0 Å². The molecule has 8 heteroatoms. The summed E-state index contributed by atoms with van der Waals surface area (Å²) in [5.41, 5.74) is 3.02. The van der Waals surface area contributed by atoms with Gasteiger partial charge in [0, 0.05) is 7.05 Å². The number of nitrogens with one attached hydrogen (secondary N) is 1. The van der Waals surface area contributed by atoms with E-state index in [9.17, 15) is 13.2 Å². The van der Waals surface area contributed by atoms with Crippen LogP contribution in [0.3, 0.4) is 0 Å². The quantitative estimate of drug-likeness (QED) is 0.666. The number of hydrazine groups is 1. The van der Waals surface area contributed by atoms with Gasteiger partial charge in [-0.15, -0.1) is 0 Å². The highest BCUT2D eigenvalue weighted by Crippen LogP contribution is 2.47. The Bertz CT molecular complexity index is 441. The predicted octanol–water partition coefficient (Wildman–Crippen LogP) is 2.95. The van der Waals surface area contributed by atoms with Crippen LogP contribution in [0, 0.1) is 11.8 Å². The third kappa shape index (κ3) is 2.94. The average molecular weight is 311 g/mol. The van der Waals surface area contributed by atoms with E-state index < -0.39 is 24.1 Å². The number of hydrogen-bond donors (Lipinski definition) is 2. The van der Waals surface area contributed by atoms with Crippen molar-refractivity contribution in [2.75, 3.05) is 0 Å². The van der Waals surface area contributed by atoms with Crippen LogP contribution in [0.5, 0.6) is 0 Å². The standard InChI is InChI=1S/C12H18ClF3N4/c1-20-11(9(13)6-18-20)10(19-17)7-4-2-3-5-8(7)12(14,15)16/h6-8,10,19H,2-5,17H2,1H3. The van der Waals surface area contributed by atoms with Gasteiger partial charge in [-0.05, 0) is 18.8 Å². The van der Waals surface area contributed by atoms with E-state index in [-0.39, 0.29) is 6.42 Å². The third-order valence-corrected chi connectivity index (χ3v) is 4.37. The van der Waals surface area contributed by atoms with Gasteiger partial charge in [0.25, 0.3) is 0 Å². The normalized spacial score (nSPS) is 25.7. The number of halogens is 4. The minimum atomic E-state index is -4.22. The molecule has 0 aromatic carbocycles. The molecule has 0 bridgehead atoms. The van der Waals surface area contributed by atoms with Crippen molar-refractivity contribution in [1.29, 1.82) is 0 Å². The lowest BCUT2D eigenvalue weighted by Crippen LogP contribution is -2.43. The SMILES string of the molecule is Cn1ncc(Cl)c1C(NN)C1CCCCC1C(F)(F)F. The minimum absolute atomic E-state index is 0.141. The van der Waals surface area contributed by atoms with E-state index in [4.69, 9.17) is 17.4 Å². The molecule has 0 amide bonds. The maximum absolute atomic E-state index is 13.2. The van der Waals surface area contributed by atoms with E-state index in [0.29, 0.717) is 23.6 Å². The van der Waals surface area contributed by atoms with Gasteiger partial charge in [-0.2, -0.15) is 18.3 Å². The Morgan fingerprint density at radius 1 is 1.45 bits per heavy atom. The number of aromatic nitrogens is 2. The van der Waals surface area contributed by atoms with Gasteiger partial charge in [-0.1, -0.05) is 24.4 Å². The topological polar surface area (TPSA) is 55.9 Å². The van der Waals surface area contributed by atoms with Gasteiger partial charge in [0.05, 0.1) is 28.9 Å². The van der Waals surface area contributed by atoms with E-state index in [2.05, 4.69) is 10.5 Å². The van der Waals surface area contributed by atoms with Crippen LogP contribution in [0.4, 0.5) is 13.2 Å². The highest BCUT2D eigenvalue weighted by atomic mass is 35.5. The van der Waals surface area contributed by atoms with Crippen molar-refractivity contribution in [3.05, 3.63) is 16.9 Å². The van der Waals surface area contributed by atoms with Crippen molar-refractivity contribution in [2.45, 2.75) is 37.9 Å². The molecule has 1 aromatic heterocycles. The molecule has 114 valence electrons. The molecule has 0 aliphatic heterocycles. The monoisotopic (exact) mass is 310 g/mol. The second-order valence-corrected chi connectivity index (χ2v) is 5.65. The molecule has 0 saturated heterocycles. The lowest BCUT2D eigenvalue weighted by molar-refractivity contribution is -0.199. The summed E-state index contributed by atoms with van der Waals surface area (Å²) < 4.78 is 41.1. The zero-order valence-corrected chi connectivity index (χ0v) is 11.9. The number of hydrogen-bond acceptors (Lipinski definition) is 3. The Balaban J connectivity index is 2.34. The van der Waals surface area contributed by atoms with Crippen LogP contribution in [-0.4, -0.2) is 16.0 Å². The molecule has 3 atom stereocenters. The first kappa shape index (κ1) is 15.6. The molecular formula is C12H18ClF3N4. The second kappa shape index (κ2) is 5.91. The molecule has 1 aliphatic carbocycles. The third-order valence-electron chi connectivity index (χ3n) is 4.08. The van der Waals surface area contributed by atoms with Crippen molar-refractivity contribution < 1.29 is 13.2 Å². The fourth-order valence-electron chi connectivity index (χ4n) is 3.14. The zero-order chi connectivity index (χ0) is 14.9. The van der Waals surface area contributed by atoms with Crippen molar-refractivity contribution >= 4 is 11.6 Å². The summed E-state index contributed by atoms with van der Waals surface area (Å²) in [6.07, 6.45) is -0.817. The zero-order valence-electron chi connectivity index (χ0n) is 11.1. The first-order valence-electron chi connectivity index (χ1n) is 6.56. The molecule has 20 heavy (non-hydrogen) atoms. The maximum Gasteiger partial charge on any atom is 0.392 e. The minimum Gasteiger partial charge on any atom is -0.271 e. The molecule has 0 radical (unpaired) electrons. The fourth-order valence-corrected chi connectivity index (χ4v) is 3.42. The summed E-state index contributed by atoms with van der Waals surface area (Å²) >= 11 is 6.04. The molecule has 4 nitrogen and oxygen atoms in total. The summed E-state index contributed by atoms with van der Waals surface area (Å²) in [5.74, 6) is 3.54. The molecule has 2 rings (SSSR count). The molecule has 1 aliphatic rings. The number of nitrogens with two attached hydrogens (primary N) is 1. The number of nitrogens with zero attached hydrogens (tertiary/aromatic N) is 2. The predicted molar refractivity (Wildman–Crippen MR) is 69.8 cm³/mol. The van der Waals surface area contributed by atoms with Gasteiger partial charge in [0.1, 0.15) is 0 Å². The summed E-state index contributed by atoms with van der Waals surface area (Å²) in [5, 5.41) is 4.31. The summed E-state index contributed by atoms with van der Waals surface area (Å²) in [6.45, 7) is 0. The van der Waals surface area contributed by atoms with Gasteiger partial charge in [0.2, 0.25) is 0 Å². The van der Waals surface area contributed by atoms with Gasteiger partial charge in [-0.3, -0.25) is 16.0 Å². The Morgan fingerprint density at radius 3 is 2.60 bits per heavy atom. The first-order valence-corrected chi connectivity index (χ1v) is 6.94. The highest BCUT2D eigenvalue weighted by Gasteiger charge is 2.48. The average Bonchev–Trinajstić information content (AvgIpc) is 2.71. The van der Waals surface area contributed by atoms with Gasteiger partial charge in [0.15, 0.2) is 0 Å². The van der Waals surface area contributed by atoms with Crippen LogP contribution in [-0.2, 0) is 7.05 Å². The molecule has 3 unspecified atom stereocenters. The van der Waals surface area contributed by atoms with E-state index in [0.717, 1.165) is 6.42 Å². The van der Waals surface area contributed by atoms with Gasteiger partial charge < -0.3 is 0 Å². The van der Waals surface area contributed by atoms with E-state index in [1.54, 1.807) is 7.05 Å². The molecule has 1 saturated carbocycles. The van der Waals surface area contributed by atoms with Crippen molar-refractivity contribution in [3.63, 3.8) is 0 Å². The Hall–Kier alpha value is -0.790. The number of aryl methyl sites for hydroxylation is 1. The summed E-state index contributed by atoms with van der Waals surface area (Å²) in [6, 6.07) is -0.651. The smallest absolute Gasteiger partial charge is 0.271 e. The number of rotatable bonds is 3. The van der Waals surface area contributed by atoms with Crippen LogP contribution in [0.2, 0.25) is 5.02 Å². The Morgan fingerprint density at radius 2 is 2.10 bits per heavy atom. The van der Waals surface area contributed by atoms with Crippen LogP contribution in [0.1, 0.15) is 37.4 Å². The molecule has 3 N–H and O–H groups in total. The molecule has 1 heterocycles. The van der Waals surface area contributed by atoms with Crippen LogP contribution < -0.4 is 11.3 Å². The Labute approximate surface area is 120 Å². The molecule has 0 spiro atoms. The molecule has 1 aromatic rings. The summed E-state index contributed by atoms with van der Waals surface area (Å²) in [7, 11) is 1.65. The van der Waals surface area contributed by atoms with Crippen molar-refractivity contribution in [3.8, 4) is 0 Å². The molecular weight excluding hydrogens is 293 g/mol. The van der Waals surface area contributed by atoms with E-state index in [1.807, 2.05) is 0 Å². The highest BCUT2D eigenvalue weighted by molar-refractivity contribution is 6.31. The largest absolute Gasteiger partial charge is 0.392 e. The lowest BCUT2D eigenvalue weighted by atomic mass is 9.74. The maximum atomic E-state index is 13.2. The fraction of sp³-hybridized carbons (Fsp3) is 0.750. The van der Waals surface area contributed by atoms with E-state index >= 15 is 0 Å². The first-order chi connectivity index (χ1) is 9.36.